The van der Waals surface area contributed by atoms with Crippen molar-refractivity contribution in [2.45, 2.75) is 64.8 Å². The predicted molar refractivity (Wildman–Crippen MR) is 63.2 cm³/mol. The second kappa shape index (κ2) is 6.97. The van der Waals surface area contributed by atoms with Gasteiger partial charge in [-0.25, -0.2) is 0 Å². The number of halogens is 3. The van der Waals surface area contributed by atoms with Gasteiger partial charge in [-0.2, -0.15) is 13.2 Å². The molecule has 0 saturated carbocycles. The van der Waals surface area contributed by atoms with E-state index in [1.54, 1.807) is 27.7 Å². The van der Waals surface area contributed by atoms with E-state index >= 15 is 0 Å². The van der Waals surface area contributed by atoms with Gasteiger partial charge in [0.15, 0.2) is 0 Å². The molecule has 1 atom stereocenters. The summed E-state index contributed by atoms with van der Waals surface area (Å²) in [6, 6.07) is -0.505. The Kier molecular flexibility index (Phi) is 6.67. The Hall–Kier alpha value is -0.780. The van der Waals surface area contributed by atoms with Gasteiger partial charge in [-0.3, -0.25) is 4.79 Å². The molecule has 0 heterocycles. The van der Waals surface area contributed by atoms with Crippen LogP contribution in [0.1, 0.15) is 47.0 Å². The maximum Gasteiger partial charge on any atom is 0.389 e. The molecule has 6 heteroatoms. The molecule has 1 N–H and O–H groups in total. The van der Waals surface area contributed by atoms with Crippen LogP contribution in [-0.4, -0.2) is 30.3 Å². The van der Waals surface area contributed by atoms with E-state index < -0.39 is 30.2 Å². The monoisotopic (exact) mass is 269 g/mol. The Labute approximate surface area is 106 Å². The van der Waals surface area contributed by atoms with Crippen molar-refractivity contribution >= 4 is 5.97 Å². The summed E-state index contributed by atoms with van der Waals surface area (Å²) in [5.74, 6) is -0.390. The molecule has 0 bridgehead atoms. The average Bonchev–Trinajstić information content (AvgIpc) is 2.12. The summed E-state index contributed by atoms with van der Waals surface area (Å²) < 4.78 is 40.7. The Morgan fingerprint density at radius 2 is 1.78 bits per heavy atom. The van der Waals surface area contributed by atoms with Crippen LogP contribution in [0.2, 0.25) is 0 Å². The van der Waals surface area contributed by atoms with Crippen LogP contribution in [0.4, 0.5) is 13.2 Å². The molecule has 0 fully saturated rings. The molecule has 0 aromatic rings. The smallest absolute Gasteiger partial charge is 0.389 e. The van der Waals surface area contributed by atoms with Crippen molar-refractivity contribution in [3.8, 4) is 0 Å². The van der Waals surface area contributed by atoms with Crippen molar-refractivity contribution in [2.24, 2.45) is 0 Å². The van der Waals surface area contributed by atoms with E-state index in [0.717, 1.165) is 0 Å². The highest BCUT2D eigenvalue weighted by Crippen LogP contribution is 2.21. The number of carbonyl (C=O) groups excluding carboxylic acids is 1. The maximum absolute atomic E-state index is 11.9. The third-order valence-electron chi connectivity index (χ3n) is 2.10. The van der Waals surface area contributed by atoms with Gasteiger partial charge in [0.25, 0.3) is 0 Å². The number of carbonyl (C=O) groups is 1. The maximum atomic E-state index is 11.9. The lowest BCUT2D eigenvalue weighted by Gasteiger charge is -2.22. The van der Waals surface area contributed by atoms with Crippen LogP contribution in [0.5, 0.6) is 0 Å². The summed E-state index contributed by atoms with van der Waals surface area (Å²) in [5, 5.41) is 2.85. The molecule has 0 amide bonds. The minimum absolute atomic E-state index is 0.0670. The first-order chi connectivity index (χ1) is 8.01. The quantitative estimate of drug-likeness (QED) is 0.595. The average molecular weight is 269 g/mol. The van der Waals surface area contributed by atoms with Crippen LogP contribution >= 0.6 is 0 Å². The summed E-state index contributed by atoms with van der Waals surface area (Å²) in [5.41, 5.74) is -0.552. The van der Waals surface area contributed by atoms with Crippen molar-refractivity contribution in [2.75, 3.05) is 6.54 Å². The zero-order chi connectivity index (χ0) is 14.4. The van der Waals surface area contributed by atoms with Crippen molar-refractivity contribution < 1.29 is 22.7 Å². The second-order valence-electron chi connectivity index (χ2n) is 5.28. The number of unbranched alkanes of at least 4 members (excludes halogenated alkanes) is 1. The number of rotatable bonds is 6. The van der Waals surface area contributed by atoms with Crippen molar-refractivity contribution in [3.05, 3.63) is 0 Å². The van der Waals surface area contributed by atoms with Gasteiger partial charge in [-0.15, -0.1) is 0 Å². The van der Waals surface area contributed by atoms with E-state index in [0.29, 0.717) is 13.0 Å². The third-order valence-corrected chi connectivity index (χ3v) is 2.10. The molecular weight excluding hydrogens is 247 g/mol. The first kappa shape index (κ1) is 17.2. The van der Waals surface area contributed by atoms with Gasteiger partial charge in [0.1, 0.15) is 11.6 Å². The fraction of sp³-hybridized carbons (Fsp3) is 0.917. The summed E-state index contributed by atoms with van der Waals surface area (Å²) in [7, 11) is 0. The van der Waals surface area contributed by atoms with E-state index in [1.807, 2.05) is 0 Å². The molecule has 0 aliphatic rings. The first-order valence-corrected chi connectivity index (χ1v) is 6.04. The molecule has 0 aliphatic heterocycles. The first-order valence-electron chi connectivity index (χ1n) is 6.04. The Balaban J connectivity index is 3.71. The molecule has 0 saturated heterocycles. The van der Waals surface area contributed by atoms with Crippen molar-refractivity contribution in [3.63, 3.8) is 0 Å². The molecule has 0 radical (unpaired) electrons. The molecule has 1 unspecified atom stereocenters. The fourth-order valence-electron chi connectivity index (χ4n) is 1.24. The van der Waals surface area contributed by atoms with Gasteiger partial charge in [-0.05, 0) is 47.1 Å². The standard InChI is InChI=1S/C12H22F3NO2/c1-9(10(17)18-11(2,3)4)16-8-6-5-7-12(13,14)15/h9,16H,5-8H2,1-4H3. The van der Waals surface area contributed by atoms with E-state index in [1.165, 1.54) is 0 Å². The number of hydrogen-bond acceptors (Lipinski definition) is 3. The largest absolute Gasteiger partial charge is 0.459 e. The van der Waals surface area contributed by atoms with Gasteiger partial charge in [0.2, 0.25) is 0 Å². The number of esters is 1. The fourth-order valence-corrected chi connectivity index (χ4v) is 1.24. The molecule has 0 aromatic heterocycles. The molecule has 0 rings (SSSR count). The summed E-state index contributed by atoms with van der Waals surface area (Å²) in [6.07, 6.45) is -4.43. The number of ether oxygens (including phenoxy) is 1. The van der Waals surface area contributed by atoms with Crippen molar-refractivity contribution in [1.29, 1.82) is 0 Å². The Morgan fingerprint density at radius 1 is 1.22 bits per heavy atom. The van der Waals surface area contributed by atoms with Gasteiger partial charge < -0.3 is 10.1 Å². The molecule has 18 heavy (non-hydrogen) atoms. The highest BCUT2D eigenvalue weighted by atomic mass is 19.4. The minimum Gasteiger partial charge on any atom is -0.459 e. The summed E-state index contributed by atoms with van der Waals surface area (Å²) >= 11 is 0. The molecule has 108 valence electrons. The molecular formula is C12H22F3NO2. The van der Waals surface area contributed by atoms with Crippen LogP contribution in [0, 0.1) is 0 Å². The lowest BCUT2D eigenvalue weighted by Crippen LogP contribution is -2.39. The zero-order valence-electron chi connectivity index (χ0n) is 11.4. The molecule has 0 spiro atoms. The van der Waals surface area contributed by atoms with Crippen LogP contribution in [0.25, 0.3) is 0 Å². The molecule has 0 aliphatic carbocycles. The Bertz CT molecular complexity index is 259. The summed E-state index contributed by atoms with van der Waals surface area (Å²) in [4.78, 5) is 11.5. The van der Waals surface area contributed by atoms with Crippen LogP contribution in [-0.2, 0) is 9.53 Å². The normalized spacial score (nSPS) is 14.4. The van der Waals surface area contributed by atoms with Crippen LogP contribution in [0.15, 0.2) is 0 Å². The third kappa shape index (κ3) is 10.4. The predicted octanol–water partition coefficient (Wildman–Crippen LogP) is 3.04. The van der Waals surface area contributed by atoms with E-state index in [2.05, 4.69) is 5.32 Å². The van der Waals surface area contributed by atoms with Crippen LogP contribution < -0.4 is 5.32 Å². The zero-order valence-corrected chi connectivity index (χ0v) is 11.4. The highest BCUT2D eigenvalue weighted by Gasteiger charge is 2.26. The number of nitrogens with one attached hydrogen (secondary N) is 1. The number of hydrogen-bond donors (Lipinski definition) is 1. The van der Waals surface area contributed by atoms with E-state index in [9.17, 15) is 18.0 Å². The molecule has 3 nitrogen and oxygen atoms in total. The van der Waals surface area contributed by atoms with Gasteiger partial charge in [0, 0.05) is 6.42 Å². The minimum atomic E-state index is -4.10. The second-order valence-corrected chi connectivity index (χ2v) is 5.28. The van der Waals surface area contributed by atoms with Gasteiger partial charge in [0.05, 0.1) is 0 Å². The van der Waals surface area contributed by atoms with Crippen molar-refractivity contribution in [1.82, 2.24) is 5.32 Å². The lowest BCUT2D eigenvalue weighted by molar-refractivity contribution is -0.157. The number of alkyl halides is 3. The Morgan fingerprint density at radius 3 is 2.22 bits per heavy atom. The summed E-state index contributed by atoms with van der Waals surface area (Å²) in [6.45, 7) is 7.30. The van der Waals surface area contributed by atoms with E-state index in [-0.39, 0.29) is 6.42 Å². The highest BCUT2D eigenvalue weighted by molar-refractivity contribution is 5.75. The topological polar surface area (TPSA) is 38.3 Å². The van der Waals surface area contributed by atoms with Crippen LogP contribution in [0.3, 0.4) is 0 Å². The van der Waals surface area contributed by atoms with E-state index in [4.69, 9.17) is 4.74 Å². The SMILES string of the molecule is CC(NCCCCC(F)(F)F)C(=O)OC(C)(C)C. The van der Waals surface area contributed by atoms with Gasteiger partial charge in [-0.1, -0.05) is 0 Å². The molecule has 0 aromatic carbocycles. The lowest BCUT2D eigenvalue weighted by atomic mass is 10.2. The van der Waals surface area contributed by atoms with Gasteiger partial charge >= 0.3 is 12.1 Å².